The minimum absolute atomic E-state index is 0.0136. The van der Waals surface area contributed by atoms with Crippen molar-refractivity contribution in [3.05, 3.63) is 22.2 Å². The highest BCUT2D eigenvalue weighted by atomic mass is 16.6. The van der Waals surface area contributed by atoms with Crippen LogP contribution in [-0.4, -0.2) is 41.3 Å². The van der Waals surface area contributed by atoms with E-state index in [1.165, 1.54) is 19.2 Å². The van der Waals surface area contributed by atoms with Crippen LogP contribution >= 0.6 is 0 Å². The monoisotopic (exact) mass is 279 g/mol. The molecule has 1 saturated heterocycles. The lowest BCUT2D eigenvalue weighted by Gasteiger charge is -2.19. The first-order chi connectivity index (χ1) is 9.60. The van der Waals surface area contributed by atoms with Gasteiger partial charge in [0.15, 0.2) is 0 Å². The predicted molar refractivity (Wildman–Crippen MR) is 71.9 cm³/mol. The van der Waals surface area contributed by atoms with E-state index < -0.39 is 4.92 Å². The third kappa shape index (κ3) is 2.07. The molecule has 0 spiro atoms. The fraction of sp³-hybridized carbons (Fsp3) is 0.615. The molecule has 7 heteroatoms. The minimum atomic E-state index is -0.424. The molecule has 3 rings (SSSR count). The molecule has 1 N–H and O–H groups in total. The normalized spacial score (nSPS) is 28.5. The lowest BCUT2D eigenvalue weighted by atomic mass is 10.00. The van der Waals surface area contributed by atoms with Crippen LogP contribution in [0.3, 0.4) is 0 Å². The second kappa shape index (κ2) is 4.90. The number of anilines is 1. The van der Waals surface area contributed by atoms with E-state index >= 15 is 0 Å². The Morgan fingerprint density at radius 1 is 1.45 bits per heavy atom. The maximum Gasteiger partial charge on any atom is 0.311 e. The topological polar surface area (TPSA) is 88.7 Å². The van der Waals surface area contributed by atoms with Crippen molar-refractivity contribution in [1.82, 2.24) is 4.98 Å². The molecule has 2 aliphatic rings. The second-order valence-electron chi connectivity index (χ2n) is 5.43. The van der Waals surface area contributed by atoms with Gasteiger partial charge in [-0.25, -0.2) is 0 Å². The molecule has 0 radical (unpaired) electrons. The zero-order valence-corrected chi connectivity index (χ0v) is 11.2. The minimum Gasteiger partial charge on any atom is -0.481 e. The van der Waals surface area contributed by atoms with Crippen LogP contribution in [0.2, 0.25) is 0 Å². The third-order valence-corrected chi connectivity index (χ3v) is 4.35. The van der Waals surface area contributed by atoms with Crippen molar-refractivity contribution in [3.63, 3.8) is 0 Å². The van der Waals surface area contributed by atoms with E-state index in [0.717, 1.165) is 12.8 Å². The maximum absolute atomic E-state index is 11.1. The van der Waals surface area contributed by atoms with Crippen molar-refractivity contribution in [3.8, 4) is 5.88 Å². The average Bonchev–Trinajstić information content (AvgIpc) is 3.00. The molecule has 1 aromatic heterocycles. The van der Waals surface area contributed by atoms with Crippen LogP contribution in [0.5, 0.6) is 5.88 Å². The lowest BCUT2D eigenvalue weighted by Crippen LogP contribution is -2.26. The summed E-state index contributed by atoms with van der Waals surface area (Å²) in [6.07, 6.45) is 1.51. The van der Waals surface area contributed by atoms with Crippen LogP contribution in [0.1, 0.15) is 12.8 Å². The number of ether oxygens (including phenoxy) is 1. The smallest absolute Gasteiger partial charge is 0.311 e. The van der Waals surface area contributed by atoms with Crippen molar-refractivity contribution >= 4 is 11.5 Å². The van der Waals surface area contributed by atoms with Crippen LogP contribution in [-0.2, 0) is 0 Å². The zero-order valence-electron chi connectivity index (χ0n) is 11.2. The van der Waals surface area contributed by atoms with Gasteiger partial charge < -0.3 is 14.7 Å². The number of rotatable bonds is 3. The highest BCUT2D eigenvalue weighted by molar-refractivity contribution is 5.59. The highest BCUT2D eigenvalue weighted by Crippen LogP contribution is 2.41. The standard InChI is InChI=1S/C13H17N3O4/c1-20-12-5-3-10(16(18)19)13(14-12)15-6-8-2-4-11(17)9(8)7-15/h3,5,8-9,11,17H,2,4,6-7H2,1H3. The highest BCUT2D eigenvalue weighted by Gasteiger charge is 2.43. The first kappa shape index (κ1) is 13.1. The summed E-state index contributed by atoms with van der Waals surface area (Å²) in [5.74, 6) is 1.30. The summed E-state index contributed by atoms with van der Waals surface area (Å²) < 4.78 is 5.05. The van der Waals surface area contributed by atoms with E-state index in [9.17, 15) is 15.2 Å². The Hall–Kier alpha value is -1.89. The first-order valence-corrected chi connectivity index (χ1v) is 6.72. The fourth-order valence-corrected chi connectivity index (χ4v) is 3.32. The molecule has 3 atom stereocenters. The molecule has 2 heterocycles. The van der Waals surface area contributed by atoms with Crippen molar-refractivity contribution in [2.75, 3.05) is 25.1 Å². The van der Waals surface area contributed by atoms with E-state index in [2.05, 4.69) is 4.98 Å². The summed E-state index contributed by atoms with van der Waals surface area (Å²) in [7, 11) is 1.49. The van der Waals surface area contributed by atoms with Crippen molar-refractivity contribution in [1.29, 1.82) is 0 Å². The Balaban J connectivity index is 1.91. The summed E-state index contributed by atoms with van der Waals surface area (Å²) >= 11 is 0. The Morgan fingerprint density at radius 2 is 2.25 bits per heavy atom. The number of fused-ring (bicyclic) bond motifs is 1. The van der Waals surface area contributed by atoms with Crippen LogP contribution in [0.25, 0.3) is 0 Å². The van der Waals surface area contributed by atoms with Gasteiger partial charge in [0.1, 0.15) is 0 Å². The molecule has 108 valence electrons. The van der Waals surface area contributed by atoms with E-state index in [1.54, 1.807) is 0 Å². The summed E-state index contributed by atoms with van der Waals surface area (Å²) in [6.45, 7) is 1.33. The number of nitro groups is 1. The molecule has 20 heavy (non-hydrogen) atoms. The van der Waals surface area contributed by atoms with Gasteiger partial charge in [0.2, 0.25) is 11.7 Å². The SMILES string of the molecule is COc1ccc([N+](=O)[O-])c(N2CC3CCC(O)C3C2)n1. The summed E-state index contributed by atoms with van der Waals surface area (Å²) in [6, 6.07) is 2.92. The first-order valence-electron chi connectivity index (χ1n) is 6.72. The van der Waals surface area contributed by atoms with E-state index in [-0.39, 0.29) is 17.7 Å². The molecule has 0 bridgehead atoms. The van der Waals surface area contributed by atoms with Crippen molar-refractivity contribution < 1.29 is 14.8 Å². The summed E-state index contributed by atoms with van der Waals surface area (Å²) in [4.78, 5) is 16.8. The molecule has 1 saturated carbocycles. The van der Waals surface area contributed by atoms with Crippen molar-refractivity contribution in [2.45, 2.75) is 18.9 Å². The van der Waals surface area contributed by atoms with E-state index in [1.807, 2.05) is 4.90 Å². The summed E-state index contributed by atoms with van der Waals surface area (Å²) in [5.41, 5.74) is -0.0136. The van der Waals surface area contributed by atoms with Crippen LogP contribution in [0.15, 0.2) is 12.1 Å². The fourth-order valence-electron chi connectivity index (χ4n) is 3.32. The molecule has 1 aliphatic carbocycles. The number of hydrogen-bond acceptors (Lipinski definition) is 6. The van der Waals surface area contributed by atoms with E-state index in [4.69, 9.17) is 4.74 Å². The van der Waals surface area contributed by atoms with Crippen LogP contribution in [0, 0.1) is 22.0 Å². The zero-order chi connectivity index (χ0) is 14.3. The van der Waals surface area contributed by atoms with Gasteiger partial charge >= 0.3 is 5.69 Å². The third-order valence-electron chi connectivity index (χ3n) is 4.35. The quantitative estimate of drug-likeness (QED) is 0.660. The number of pyridine rings is 1. The van der Waals surface area contributed by atoms with Gasteiger partial charge in [-0.05, 0) is 18.8 Å². The molecule has 1 aromatic rings. The van der Waals surface area contributed by atoms with Gasteiger partial charge in [0, 0.05) is 31.1 Å². The largest absolute Gasteiger partial charge is 0.481 e. The summed E-state index contributed by atoms with van der Waals surface area (Å²) in [5, 5.41) is 21.1. The molecule has 7 nitrogen and oxygen atoms in total. The van der Waals surface area contributed by atoms with Gasteiger partial charge in [-0.3, -0.25) is 10.1 Å². The van der Waals surface area contributed by atoms with E-state index in [0.29, 0.717) is 30.7 Å². The molecular formula is C13H17N3O4. The Labute approximate surface area is 116 Å². The number of aromatic nitrogens is 1. The average molecular weight is 279 g/mol. The molecule has 0 amide bonds. The van der Waals surface area contributed by atoms with Gasteiger partial charge in [-0.1, -0.05) is 0 Å². The number of aliphatic hydroxyl groups excluding tert-OH is 1. The molecule has 2 fully saturated rings. The maximum atomic E-state index is 11.1. The van der Waals surface area contributed by atoms with Gasteiger partial charge in [-0.15, -0.1) is 0 Å². The lowest BCUT2D eigenvalue weighted by molar-refractivity contribution is -0.384. The van der Waals surface area contributed by atoms with Crippen LogP contribution in [0.4, 0.5) is 11.5 Å². The number of nitrogens with zero attached hydrogens (tertiary/aromatic N) is 3. The van der Waals surface area contributed by atoms with Gasteiger partial charge in [-0.2, -0.15) is 4.98 Å². The molecule has 0 aromatic carbocycles. The van der Waals surface area contributed by atoms with Crippen LogP contribution < -0.4 is 9.64 Å². The van der Waals surface area contributed by atoms with Crippen molar-refractivity contribution in [2.24, 2.45) is 11.8 Å². The second-order valence-corrected chi connectivity index (χ2v) is 5.43. The predicted octanol–water partition coefficient (Wildman–Crippen LogP) is 1.21. The Bertz CT molecular complexity index is 536. The molecule has 1 aliphatic heterocycles. The van der Waals surface area contributed by atoms with Gasteiger partial charge in [0.05, 0.1) is 18.1 Å². The molecule has 3 unspecified atom stereocenters. The number of aliphatic hydroxyl groups is 1. The Morgan fingerprint density at radius 3 is 2.90 bits per heavy atom. The number of hydrogen-bond donors (Lipinski definition) is 1. The molecular weight excluding hydrogens is 262 g/mol. The van der Waals surface area contributed by atoms with Gasteiger partial charge in [0.25, 0.3) is 0 Å². The Kier molecular flexibility index (Phi) is 3.21. The number of methoxy groups -OCH3 is 1.